The summed E-state index contributed by atoms with van der Waals surface area (Å²) in [5, 5.41) is 0.304. The quantitative estimate of drug-likeness (QED) is 0.340. The number of ether oxygens (including phenoxy) is 3. The van der Waals surface area contributed by atoms with Crippen LogP contribution >= 0.6 is 0 Å². The van der Waals surface area contributed by atoms with E-state index < -0.39 is 11.8 Å². The largest absolute Gasteiger partial charge is 0.493 e. The van der Waals surface area contributed by atoms with Gasteiger partial charge in [0, 0.05) is 6.07 Å². The van der Waals surface area contributed by atoms with Crippen molar-refractivity contribution in [3.8, 4) is 28.4 Å². The average Bonchev–Trinajstić information content (AvgIpc) is 2.79. The van der Waals surface area contributed by atoms with Crippen LogP contribution in [0, 0.1) is 5.82 Å². The number of halogens is 1. The first kappa shape index (κ1) is 20.2. The van der Waals surface area contributed by atoms with Crippen molar-refractivity contribution in [2.24, 2.45) is 0 Å². The Morgan fingerprint density at radius 1 is 0.935 bits per heavy atom. The van der Waals surface area contributed by atoms with Crippen LogP contribution in [0.3, 0.4) is 0 Å². The Bertz CT molecular complexity index is 1340. The van der Waals surface area contributed by atoms with E-state index in [9.17, 15) is 14.0 Å². The van der Waals surface area contributed by atoms with Crippen molar-refractivity contribution in [3.63, 3.8) is 0 Å². The van der Waals surface area contributed by atoms with Gasteiger partial charge in [-0.1, -0.05) is 18.2 Å². The standard InChI is InChI=1S/C24H17FO6/c1-28-20-10-7-14(11-22(20)29-2)18-13-30-21-12-15(8-9-17(21)23(18)26)31-24(27)16-5-3-4-6-19(16)25/h3-13H,1-2H3. The van der Waals surface area contributed by atoms with Gasteiger partial charge in [0.15, 0.2) is 16.9 Å². The van der Waals surface area contributed by atoms with Gasteiger partial charge >= 0.3 is 5.97 Å². The number of methoxy groups -OCH3 is 2. The first-order valence-corrected chi connectivity index (χ1v) is 9.26. The van der Waals surface area contributed by atoms with Crippen molar-refractivity contribution in [2.45, 2.75) is 0 Å². The highest BCUT2D eigenvalue weighted by molar-refractivity contribution is 5.92. The van der Waals surface area contributed by atoms with Crippen LogP contribution in [0.5, 0.6) is 17.2 Å². The number of rotatable bonds is 5. The number of fused-ring (bicyclic) bond motifs is 1. The molecule has 0 aliphatic heterocycles. The monoisotopic (exact) mass is 420 g/mol. The summed E-state index contributed by atoms with van der Waals surface area (Å²) in [4.78, 5) is 25.2. The van der Waals surface area contributed by atoms with Crippen molar-refractivity contribution in [1.82, 2.24) is 0 Å². The Morgan fingerprint density at radius 2 is 1.71 bits per heavy atom. The summed E-state index contributed by atoms with van der Waals surface area (Å²) in [6.45, 7) is 0. The van der Waals surface area contributed by atoms with Crippen molar-refractivity contribution >= 4 is 16.9 Å². The topological polar surface area (TPSA) is 75.0 Å². The fourth-order valence-corrected chi connectivity index (χ4v) is 3.16. The Labute approximate surface area is 176 Å². The smallest absolute Gasteiger partial charge is 0.346 e. The molecule has 0 radical (unpaired) electrons. The number of hydrogen-bond donors (Lipinski definition) is 0. The maximum Gasteiger partial charge on any atom is 0.346 e. The summed E-state index contributed by atoms with van der Waals surface area (Å²) in [5.74, 6) is -0.378. The highest BCUT2D eigenvalue weighted by atomic mass is 19.1. The van der Waals surface area contributed by atoms with Gasteiger partial charge in [-0.05, 0) is 42.0 Å². The highest BCUT2D eigenvalue weighted by Gasteiger charge is 2.16. The van der Waals surface area contributed by atoms with Crippen molar-refractivity contribution in [1.29, 1.82) is 0 Å². The Morgan fingerprint density at radius 3 is 2.45 bits per heavy atom. The van der Waals surface area contributed by atoms with Crippen LogP contribution in [0.1, 0.15) is 10.4 Å². The lowest BCUT2D eigenvalue weighted by Gasteiger charge is -2.10. The molecule has 4 aromatic rings. The minimum atomic E-state index is -0.846. The van der Waals surface area contributed by atoms with Crippen LogP contribution in [-0.2, 0) is 0 Å². The van der Waals surface area contributed by atoms with Gasteiger partial charge in [0.2, 0.25) is 0 Å². The molecule has 0 unspecified atom stereocenters. The molecular weight excluding hydrogens is 403 g/mol. The molecule has 156 valence electrons. The molecule has 0 bridgehead atoms. The Kier molecular flexibility index (Phi) is 5.41. The normalized spacial score (nSPS) is 10.7. The lowest BCUT2D eigenvalue weighted by Crippen LogP contribution is -2.11. The van der Waals surface area contributed by atoms with Crippen LogP contribution in [0.2, 0.25) is 0 Å². The molecule has 0 fully saturated rings. The van der Waals surface area contributed by atoms with Crippen molar-refractivity contribution in [2.75, 3.05) is 14.2 Å². The molecular formula is C24H17FO6. The molecule has 7 heteroatoms. The molecule has 0 aliphatic rings. The van der Waals surface area contributed by atoms with Gasteiger partial charge in [-0.3, -0.25) is 4.79 Å². The summed E-state index contributed by atoms with van der Waals surface area (Å²) >= 11 is 0. The molecule has 4 rings (SSSR count). The summed E-state index contributed by atoms with van der Waals surface area (Å²) in [5.41, 5.74) is 0.717. The van der Waals surface area contributed by atoms with Gasteiger partial charge in [0.1, 0.15) is 23.4 Å². The van der Waals surface area contributed by atoms with E-state index in [-0.39, 0.29) is 22.3 Å². The van der Waals surface area contributed by atoms with Crippen LogP contribution in [0.25, 0.3) is 22.1 Å². The molecule has 0 atom stereocenters. The second-order valence-electron chi connectivity index (χ2n) is 6.58. The number of carbonyl (C=O) groups excluding carboxylic acids is 1. The lowest BCUT2D eigenvalue weighted by atomic mass is 10.0. The third kappa shape index (κ3) is 3.85. The Hall–Kier alpha value is -4.13. The minimum absolute atomic E-state index is 0.128. The number of benzene rings is 3. The zero-order valence-corrected chi connectivity index (χ0v) is 16.7. The maximum atomic E-state index is 13.8. The zero-order chi connectivity index (χ0) is 22.0. The Balaban J connectivity index is 1.68. The molecule has 31 heavy (non-hydrogen) atoms. The third-order valence-electron chi connectivity index (χ3n) is 4.74. The van der Waals surface area contributed by atoms with Gasteiger partial charge in [-0.25, -0.2) is 9.18 Å². The van der Waals surface area contributed by atoms with E-state index in [1.54, 1.807) is 18.2 Å². The predicted molar refractivity (Wildman–Crippen MR) is 112 cm³/mol. The first-order valence-electron chi connectivity index (χ1n) is 9.26. The SMILES string of the molecule is COc1ccc(-c2coc3cc(OC(=O)c4ccccc4F)ccc3c2=O)cc1OC. The zero-order valence-electron chi connectivity index (χ0n) is 16.7. The van der Waals surface area contributed by atoms with E-state index in [4.69, 9.17) is 18.6 Å². The molecule has 0 spiro atoms. The van der Waals surface area contributed by atoms with E-state index in [0.717, 1.165) is 0 Å². The first-order chi connectivity index (χ1) is 15.0. The molecule has 3 aromatic carbocycles. The second kappa shape index (κ2) is 8.31. The van der Waals surface area contributed by atoms with Crippen molar-refractivity contribution in [3.05, 3.63) is 88.5 Å². The molecule has 0 N–H and O–H groups in total. The van der Waals surface area contributed by atoms with Gasteiger partial charge in [-0.2, -0.15) is 0 Å². The van der Waals surface area contributed by atoms with Crippen LogP contribution in [0.15, 0.2) is 76.1 Å². The summed E-state index contributed by atoms with van der Waals surface area (Å²) in [7, 11) is 3.03. The lowest BCUT2D eigenvalue weighted by molar-refractivity contribution is 0.0730. The van der Waals surface area contributed by atoms with E-state index in [2.05, 4.69) is 0 Å². The molecule has 0 saturated carbocycles. The van der Waals surface area contributed by atoms with Gasteiger partial charge in [0.05, 0.1) is 30.7 Å². The fourth-order valence-electron chi connectivity index (χ4n) is 3.16. The van der Waals surface area contributed by atoms with E-state index in [0.29, 0.717) is 28.0 Å². The van der Waals surface area contributed by atoms with Crippen LogP contribution in [-0.4, -0.2) is 20.2 Å². The number of esters is 1. The number of hydrogen-bond acceptors (Lipinski definition) is 6. The summed E-state index contributed by atoms with van der Waals surface area (Å²) < 4.78 is 35.1. The predicted octanol–water partition coefficient (Wildman–Crippen LogP) is 4.84. The van der Waals surface area contributed by atoms with Gasteiger partial charge in [0.25, 0.3) is 0 Å². The van der Waals surface area contributed by atoms with E-state index in [1.165, 1.54) is 62.9 Å². The molecule has 0 amide bonds. The minimum Gasteiger partial charge on any atom is -0.493 e. The van der Waals surface area contributed by atoms with Gasteiger partial charge < -0.3 is 18.6 Å². The molecule has 6 nitrogen and oxygen atoms in total. The molecule has 1 heterocycles. The molecule has 0 aliphatic carbocycles. The fraction of sp³-hybridized carbons (Fsp3) is 0.0833. The summed E-state index contributed by atoms with van der Waals surface area (Å²) in [6.07, 6.45) is 1.33. The molecule has 0 saturated heterocycles. The van der Waals surface area contributed by atoms with E-state index >= 15 is 0 Å². The van der Waals surface area contributed by atoms with E-state index in [1.807, 2.05) is 0 Å². The van der Waals surface area contributed by atoms with Crippen molar-refractivity contribution < 1.29 is 27.8 Å². The van der Waals surface area contributed by atoms with Crippen LogP contribution in [0.4, 0.5) is 4.39 Å². The molecule has 1 aromatic heterocycles. The second-order valence-corrected chi connectivity index (χ2v) is 6.58. The third-order valence-corrected chi connectivity index (χ3v) is 4.74. The maximum absolute atomic E-state index is 13.8. The highest BCUT2D eigenvalue weighted by Crippen LogP contribution is 2.32. The average molecular weight is 420 g/mol. The number of carbonyl (C=O) groups is 1. The van der Waals surface area contributed by atoms with Gasteiger partial charge in [-0.15, -0.1) is 0 Å². The van der Waals surface area contributed by atoms with Crippen LogP contribution < -0.4 is 19.6 Å². The summed E-state index contributed by atoms with van der Waals surface area (Å²) in [6, 6.07) is 15.0.